The van der Waals surface area contributed by atoms with E-state index in [2.05, 4.69) is 20.8 Å². The van der Waals surface area contributed by atoms with Gasteiger partial charge in [0.05, 0.1) is 6.10 Å². The summed E-state index contributed by atoms with van der Waals surface area (Å²) in [6, 6.07) is 0. The highest BCUT2D eigenvalue weighted by Crippen LogP contribution is 2.69. The van der Waals surface area contributed by atoms with Gasteiger partial charge in [-0.15, -0.1) is 0 Å². The van der Waals surface area contributed by atoms with Crippen molar-refractivity contribution in [3.8, 4) is 0 Å². The highest BCUT2D eigenvalue weighted by Gasteiger charge is 2.65. The molecule has 2 nitrogen and oxygen atoms in total. The van der Waals surface area contributed by atoms with E-state index in [1.807, 2.05) is 0 Å². The van der Waals surface area contributed by atoms with Crippen LogP contribution in [0.3, 0.4) is 0 Å². The van der Waals surface area contributed by atoms with Crippen molar-refractivity contribution >= 4 is 5.78 Å². The molecule has 4 aliphatic carbocycles. The highest BCUT2D eigenvalue weighted by molar-refractivity contribution is 5.80. The van der Waals surface area contributed by atoms with E-state index in [0.29, 0.717) is 35.4 Å². The van der Waals surface area contributed by atoms with Crippen molar-refractivity contribution in [2.45, 2.75) is 117 Å². The number of hydrogen-bond donors (Lipinski definition) is 1. The molecule has 0 aromatic heterocycles. The molecule has 0 bridgehead atoms. The van der Waals surface area contributed by atoms with Crippen LogP contribution in [0.25, 0.3) is 0 Å². The molecule has 160 valence electrons. The van der Waals surface area contributed by atoms with Crippen LogP contribution >= 0.6 is 0 Å². The fraction of sp³-hybridized carbons (Fsp3) is 0.962. The predicted molar refractivity (Wildman–Crippen MR) is 115 cm³/mol. The summed E-state index contributed by atoms with van der Waals surface area (Å²) in [6.45, 7) is 7.29. The molecule has 0 radical (unpaired) electrons. The van der Waals surface area contributed by atoms with Gasteiger partial charge < -0.3 is 5.11 Å². The van der Waals surface area contributed by atoms with Crippen molar-refractivity contribution in [3.63, 3.8) is 0 Å². The maximum atomic E-state index is 12.1. The topological polar surface area (TPSA) is 37.3 Å². The van der Waals surface area contributed by atoms with Crippen LogP contribution < -0.4 is 0 Å². The number of fused-ring (bicyclic) bond motifs is 5. The number of ketones is 1. The third kappa shape index (κ3) is 3.30. The summed E-state index contributed by atoms with van der Waals surface area (Å²) < 4.78 is 0. The smallest absolute Gasteiger partial charge is 0.133 e. The van der Waals surface area contributed by atoms with Gasteiger partial charge in [-0.2, -0.15) is 0 Å². The van der Waals surface area contributed by atoms with Gasteiger partial charge in [0.2, 0.25) is 0 Å². The van der Waals surface area contributed by atoms with Crippen LogP contribution in [0, 0.1) is 40.4 Å². The Morgan fingerprint density at radius 3 is 2.39 bits per heavy atom. The second kappa shape index (κ2) is 8.05. The molecule has 4 fully saturated rings. The number of aliphatic hydroxyl groups excluding tert-OH is 1. The Morgan fingerprint density at radius 1 is 0.893 bits per heavy atom. The van der Waals surface area contributed by atoms with Crippen molar-refractivity contribution in [2.75, 3.05) is 0 Å². The lowest BCUT2D eigenvalue weighted by molar-refractivity contribution is -0.126. The Balaban J connectivity index is 1.42. The van der Waals surface area contributed by atoms with Crippen LogP contribution in [-0.2, 0) is 4.79 Å². The zero-order valence-corrected chi connectivity index (χ0v) is 18.7. The minimum atomic E-state index is -0.225. The van der Waals surface area contributed by atoms with E-state index in [4.69, 9.17) is 0 Å². The molecular formula is C26H44O2. The summed E-state index contributed by atoms with van der Waals surface area (Å²) in [7, 11) is 0. The zero-order chi connectivity index (χ0) is 19.9. The van der Waals surface area contributed by atoms with Gasteiger partial charge in [0, 0.05) is 12.8 Å². The highest BCUT2D eigenvalue weighted by atomic mass is 16.3. The molecule has 0 saturated heterocycles. The second-order valence-corrected chi connectivity index (χ2v) is 11.5. The molecule has 2 heteroatoms. The van der Waals surface area contributed by atoms with Gasteiger partial charge in [0.1, 0.15) is 5.78 Å². The molecule has 1 N–H and O–H groups in total. The second-order valence-electron chi connectivity index (χ2n) is 11.5. The molecule has 4 rings (SSSR count). The molecule has 8 atom stereocenters. The van der Waals surface area contributed by atoms with Gasteiger partial charge >= 0.3 is 0 Å². The number of aliphatic hydroxyl groups is 1. The summed E-state index contributed by atoms with van der Waals surface area (Å²) in [6.07, 6.45) is 17.3. The van der Waals surface area contributed by atoms with Crippen LogP contribution in [0.15, 0.2) is 0 Å². The van der Waals surface area contributed by atoms with Crippen LogP contribution in [-0.4, -0.2) is 17.0 Å². The van der Waals surface area contributed by atoms with Gasteiger partial charge in [0.15, 0.2) is 0 Å². The van der Waals surface area contributed by atoms with E-state index in [1.165, 1.54) is 70.6 Å². The Morgan fingerprint density at radius 2 is 1.61 bits per heavy atom. The minimum absolute atomic E-state index is 0.219. The van der Waals surface area contributed by atoms with E-state index in [-0.39, 0.29) is 17.4 Å². The molecule has 4 aliphatic rings. The first kappa shape index (κ1) is 20.9. The molecular weight excluding hydrogens is 344 g/mol. The average Bonchev–Trinajstić information content (AvgIpc) is 3.11. The number of Topliss-reactive ketones (excluding diaryl/α,β-unsaturated/α-hetero) is 1. The minimum Gasteiger partial charge on any atom is -0.392 e. The van der Waals surface area contributed by atoms with Crippen LogP contribution in [0.1, 0.15) is 111 Å². The van der Waals surface area contributed by atoms with Crippen molar-refractivity contribution in [1.82, 2.24) is 0 Å². The number of carbonyl (C=O) groups excluding carboxylic acids is 1. The molecule has 0 heterocycles. The summed E-state index contributed by atoms with van der Waals surface area (Å²) in [5.41, 5.74) is 0.663. The summed E-state index contributed by atoms with van der Waals surface area (Å²) in [4.78, 5) is 12.1. The Kier molecular flexibility index (Phi) is 6.00. The van der Waals surface area contributed by atoms with E-state index >= 15 is 0 Å². The average molecular weight is 389 g/mol. The van der Waals surface area contributed by atoms with Crippen LogP contribution in [0.2, 0.25) is 0 Å². The molecule has 28 heavy (non-hydrogen) atoms. The number of unbranched alkanes of at least 4 members (excludes halogenated alkanes) is 5. The van der Waals surface area contributed by atoms with Gasteiger partial charge in [0.25, 0.3) is 0 Å². The fourth-order valence-electron chi connectivity index (χ4n) is 8.61. The lowest BCUT2D eigenvalue weighted by atomic mass is 9.54. The van der Waals surface area contributed by atoms with Crippen molar-refractivity contribution in [3.05, 3.63) is 0 Å². The lowest BCUT2D eigenvalue weighted by Gasteiger charge is -2.50. The van der Waals surface area contributed by atoms with Crippen molar-refractivity contribution in [2.24, 2.45) is 40.4 Å². The first-order chi connectivity index (χ1) is 13.4. The van der Waals surface area contributed by atoms with Gasteiger partial charge in [-0.1, -0.05) is 59.3 Å². The molecule has 0 aromatic carbocycles. The zero-order valence-electron chi connectivity index (χ0n) is 18.7. The van der Waals surface area contributed by atoms with E-state index < -0.39 is 0 Å². The Hall–Kier alpha value is -0.370. The normalized spacial score (nSPS) is 47.6. The maximum Gasteiger partial charge on any atom is 0.133 e. The largest absolute Gasteiger partial charge is 0.392 e. The lowest BCUT2D eigenvalue weighted by Crippen LogP contribution is -2.44. The summed E-state index contributed by atoms with van der Waals surface area (Å²) in [5.74, 6) is 3.33. The fourth-order valence-corrected chi connectivity index (χ4v) is 8.61. The number of carbonyl (C=O) groups is 1. The molecule has 0 unspecified atom stereocenters. The molecule has 0 aromatic rings. The molecule has 4 saturated carbocycles. The quantitative estimate of drug-likeness (QED) is 0.502. The van der Waals surface area contributed by atoms with Crippen LogP contribution in [0.4, 0.5) is 0 Å². The van der Waals surface area contributed by atoms with E-state index in [1.54, 1.807) is 0 Å². The summed E-state index contributed by atoms with van der Waals surface area (Å²) >= 11 is 0. The predicted octanol–water partition coefficient (Wildman–Crippen LogP) is 6.55. The van der Waals surface area contributed by atoms with Gasteiger partial charge in [-0.05, 0) is 78.9 Å². The monoisotopic (exact) mass is 388 g/mol. The van der Waals surface area contributed by atoms with Gasteiger partial charge in [-0.3, -0.25) is 4.79 Å². The Labute approximate surface area is 173 Å². The van der Waals surface area contributed by atoms with Crippen molar-refractivity contribution in [1.29, 1.82) is 0 Å². The summed E-state index contributed by atoms with van der Waals surface area (Å²) in [5, 5.41) is 11.4. The van der Waals surface area contributed by atoms with Gasteiger partial charge in [-0.25, -0.2) is 0 Å². The standard InChI is InChI=1S/C26H44O2/c1-4-5-6-7-8-9-10-18-11-12-20-23-21(14-16-25(18,20)2)26(3)15-13-19(27)17-22(26)24(23)28/h18,20-24,28H,4-17H2,1-3H3/t18-,20-,21-,22-,23-,24+,25+,26+/m0/s1. The molecule has 0 amide bonds. The first-order valence-corrected chi connectivity index (χ1v) is 12.6. The third-order valence-corrected chi connectivity index (χ3v) is 10.3. The van der Waals surface area contributed by atoms with E-state index in [0.717, 1.165) is 18.8 Å². The molecule has 0 aliphatic heterocycles. The van der Waals surface area contributed by atoms with E-state index in [9.17, 15) is 9.90 Å². The first-order valence-electron chi connectivity index (χ1n) is 12.6. The SMILES string of the molecule is CCCCCCCC[C@H]1CC[C@H]2[C@@H]3[C@H](O)[C@@H]4CC(=O)CC[C@]4(C)[C@H]3CC[C@]12C. The van der Waals surface area contributed by atoms with Crippen LogP contribution in [0.5, 0.6) is 0 Å². The third-order valence-electron chi connectivity index (χ3n) is 10.3. The maximum absolute atomic E-state index is 12.1. The molecule has 0 spiro atoms. The number of rotatable bonds is 7. The Bertz CT molecular complexity index is 571. The number of hydrogen-bond acceptors (Lipinski definition) is 2. The van der Waals surface area contributed by atoms with Crippen molar-refractivity contribution < 1.29 is 9.90 Å².